The summed E-state index contributed by atoms with van der Waals surface area (Å²) in [5.41, 5.74) is 0. The fourth-order valence-corrected chi connectivity index (χ4v) is 10.9. The van der Waals surface area contributed by atoms with Crippen LogP contribution in [0.5, 0.6) is 0 Å². The molecule has 0 bridgehead atoms. The lowest BCUT2D eigenvalue weighted by atomic mass is 9.76. The van der Waals surface area contributed by atoms with Crippen LogP contribution in [0.15, 0.2) is 35.2 Å². The number of rotatable bonds is 15. The molecule has 1 aromatic carbocycles. The topological polar surface area (TPSA) is 136 Å². The number of sulfone groups is 1. The van der Waals surface area contributed by atoms with Crippen molar-refractivity contribution in [2.75, 3.05) is 20.0 Å². The van der Waals surface area contributed by atoms with Gasteiger partial charge in [-0.05, 0) is 68.7 Å². The van der Waals surface area contributed by atoms with Gasteiger partial charge in [-0.3, -0.25) is 4.79 Å². The number of hydrogen-bond donors (Lipinski definition) is 1. The maximum atomic E-state index is 13.5. The Bertz CT molecular complexity index is 1470. The number of methoxy groups -OCH3 is 2. The highest BCUT2D eigenvalue weighted by Gasteiger charge is 2.63. The summed E-state index contributed by atoms with van der Waals surface area (Å²) in [6.45, 7) is 29.0. The lowest BCUT2D eigenvalue weighted by molar-refractivity contribution is -0.355. The van der Waals surface area contributed by atoms with Crippen molar-refractivity contribution in [2.45, 2.75) is 178 Å². The third-order valence-electron chi connectivity index (χ3n) is 12.2. The Balaban J connectivity index is 2.06. The lowest BCUT2D eigenvalue weighted by Crippen LogP contribution is -2.66. The van der Waals surface area contributed by atoms with E-state index in [1.54, 1.807) is 51.3 Å². The Morgan fingerprint density at radius 2 is 1.45 bits per heavy atom. The predicted octanol–water partition coefficient (Wildman–Crippen LogP) is 7.48. The van der Waals surface area contributed by atoms with Crippen molar-refractivity contribution in [2.24, 2.45) is 11.8 Å². The van der Waals surface area contributed by atoms with E-state index in [-0.39, 0.29) is 45.9 Å². The fraction of sp³-hybridized carbons (Fsp3) is 0.821. The normalized spacial score (nSPS) is 29.8. The monoisotopic (exact) mass is 802 g/mol. The highest BCUT2D eigenvalue weighted by Crippen LogP contribution is 2.50. The molecular formula is C39H70O11SSi2. The molecule has 53 heavy (non-hydrogen) atoms. The second-order valence-corrected chi connectivity index (χ2v) is 30.2. The van der Waals surface area contributed by atoms with Gasteiger partial charge in [0.2, 0.25) is 0 Å². The number of carbonyl (C=O) groups is 1. The summed E-state index contributed by atoms with van der Waals surface area (Å²) in [4.78, 5) is 12.9. The van der Waals surface area contributed by atoms with Gasteiger partial charge in [-0.15, -0.1) is 0 Å². The first-order valence-corrected chi connectivity index (χ1v) is 26.5. The van der Waals surface area contributed by atoms with Crippen LogP contribution in [-0.2, 0) is 47.2 Å². The summed E-state index contributed by atoms with van der Waals surface area (Å²) in [5, 5.41) is 12.6. The van der Waals surface area contributed by atoms with Crippen LogP contribution < -0.4 is 0 Å². The Morgan fingerprint density at radius 3 is 1.96 bits per heavy atom. The number of hydrogen-bond acceptors (Lipinski definition) is 11. The van der Waals surface area contributed by atoms with Crippen LogP contribution in [0.3, 0.4) is 0 Å². The molecule has 1 N–H and O–H groups in total. The van der Waals surface area contributed by atoms with E-state index < -0.39 is 86.6 Å². The third kappa shape index (κ3) is 10.8. The van der Waals surface area contributed by atoms with Crippen molar-refractivity contribution < 1.29 is 50.9 Å². The van der Waals surface area contributed by atoms with Gasteiger partial charge in [0.1, 0.15) is 6.10 Å². The van der Waals surface area contributed by atoms with Crippen molar-refractivity contribution in [1.29, 1.82) is 0 Å². The number of ether oxygens (including phenoxy) is 5. The highest BCUT2D eigenvalue weighted by molar-refractivity contribution is 7.91. The van der Waals surface area contributed by atoms with E-state index in [0.717, 1.165) is 0 Å². The van der Waals surface area contributed by atoms with E-state index in [9.17, 15) is 18.3 Å². The smallest absolute Gasteiger partial charge is 0.308 e. The molecule has 0 amide bonds. The summed E-state index contributed by atoms with van der Waals surface area (Å²) in [7, 11) is -5.52. The fourth-order valence-electron chi connectivity index (χ4n) is 6.77. The molecule has 0 aromatic heterocycles. The molecule has 0 aliphatic carbocycles. The molecule has 0 saturated carbocycles. The summed E-state index contributed by atoms with van der Waals surface area (Å²) in [6.07, 6.45) is -3.94. The molecular weight excluding hydrogens is 733 g/mol. The van der Waals surface area contributed by atoms with Crippen LogP contribution in [0.25, 0.3) is 0 Å². The summed E-state index contributed by atoms with van der Waals surface area (Å²) >= 11 is 0. The maximum absolute atomic E-state index is 13.5. The molecule has 0 spiro atoms. The van der Waals surface area contributed by atoms with Gasteiger partial charge in [-0.2, -0.15) is 0 Å². The van der Waals surface area contributed by atoms with Crippen molar-refractivity contribution in [1.82, 2.24) is 0 Å². The molecule has 2 aliphatic heterocycles. The van der Waals surface area contributed by atoms with Gasteiger partial charge in [0.15, 0.2) is 38.0 Å². The van der Waals surface area contributed by atoms with Crippen LogP contribution in [0.4, 0.5) is 0 Å². The van der Waals surface area contributed by atoms with Crippen LogP contribution in [0.2, 0.25) is 36.3 Å². The average Bonchev–Trinajstić information content (AvgIpc) is 3.36. The van der Waals surface area contributed by atoms with Gasteiger partial charge >= 0.3 is 5.97 Å². The van der Waals surface area contributed by atoms with Crippen LogP contribution in [0, 0.1) is 11.8 Å². The molecule has 2 saturated heterocycles. The van der Waals surface area contributed by atoms with Crippen LogP contribution in [-0.4, -0.2) is 104 Å². The minimum Gasteiger partial charge on any atom is -0.469 e. The summed E-state index contributed by atoms with van der Waals surface area (Å²) in [5.74, 6) is -4.51. The van der Waals surface area contributed by atoms with Crippen molar-refractivity contribution >= 4 is 32.4 Å². The van der Waals surface area contributed by atoms with E-state index in [1.165, 1.54) is 7.11 Å². The van der Waals surface area contributed by atoms with E-state index >= 15 is 0 Å². The van der Waals surface area contributed by atoms with E-state index in [4.69, 9.17) is 32.5 Å². The lowest BCUT2D eigenvalue weighted by Gasteiger charge is -2.54. The predicted molar refractivity (Wildman–Crippen MR) is 211 cm³/mol. The van der Waals surface area contributed by atoms with Gasteiger partial charge < -0.3 is 37.6 Å². The molecule has 9 atom stereocenters. The standard InChI is InChI=1S/C39H70O11SSi2/c1-26-30(25-33(40)45-12)47-39(41,27(2)34(26)50-53(15,16)37(6,7)8)35-32(46-38(9,10)48-35)24-31(44-11)29(49-52(13,14)36(3,4)5)22-23-51(42,43)28-20-18-17-19-21-28/h17-21,26-27,29-32,34-35,41H,22-25H2,1-16H3/t26-,27+,29-,30+,31-,32+,34-,35-,39+/m0/s1. The molecule has 14 heteroatoms. The van der Waals surface area contributed by atoms with E-state index in [2.05, 4.69) is 67.7 Å². The minimum absolute atomic E-state index is 0.0787. The Morgan fingerprint density at radius 1 is 0.887 bits per heavy atom. The Labute approximate surface area is 322 Å². The van der Waals surface area contributed by atoms with Gasteiger partial charge in [0.25, 0.3) is 0 Å². The molecule has 306 valence electrons. The zero-order chi connectivity index (χ0) is 40.6. The molecule has 2 fully saturated rings. The van der Waals surface area contributed by atoms with Gasteiger partial charge in [0, 0.05) is 25.4 Å². The zero-order valence-corrected chi connectivity index (χ0v) is 38.1. The summed E-state index contributed by atoms with van der Waals surface area (Å²) < 4.78 is 71.9. The SMILES string of the molecule is COC(=O)C[C@H]1O[C@@](O)([C@H]2OC(C)(C)O[C@@H]2C[C@H](OC)[C@H](CCS(=O)(=O)c2ccccc2)O[Si](C)(C)C(C)(C)C)[C@H](C)[C@@H](O[Si](C)(C)C(C)(C)C)[C@H]1C. The number of aliphatic hydroxyl groups is 1. The second kappa shape index (κ2) is 16.7. The third-order valence-corrected chi connectivity index (χ3v) is 23.0. The van der Waals surface area contributed by atoms with E-state index in [1.807, 2.05) is 13.8 Å². The first-order valence-electron chi connectivity index (χ1n) is 19.0. The minimum atomic E-state index is -3.62. The molecule has 0 unspecified atom stereocenters. The van der Waals surface area contributed by atoms with Crippen LogP contribution in [0.1, 0.15) is 88.5 Å². The first kappa shape index (κ1) is 46.2. The molecule has 3 rings (SSSR count). The van der Waals surface area contributed by atoms with Gasteiger partial charge in [-0.1, -0.05) is 73.6 Å². The molecule has 0 radical (unpaired) electrons. The van der Waals surface area contributed by atoms with Crippen molar-refractivity contribution in [3.63, 3.8) is 0 Å². The summed E-state index contributed by atoms with van der Waals surface area (Å²) in [6, 6.07) is 8.42. The quantitative estimate of drug-likeness (QED) is 0.140. The molecule has 11 nitrogen and oxygen atoms in total. The number of carbonyl (C=O) groups excluding carboxylic acids is 1. The molecule has 2 aliphatic rings. The molecule has 1 aromatic rings. The first-order chi connectivity index (χ1) is 24.0. The average molecular weight is 803 g/mol. The number of benzene rings is 1. The maximum Gasteiger partial charge on any atom is 0.308 e. The van der Waals surface area contributed by atoms with Crippen LogP contribution >= 0.6 is 0 Å². The van der Waals surface area contributed by atoms with Gasteiger partial charge in [-0.25, -0.2) is 8.42 Å². The van der Waals surface area contributed by atoms with Crippen molar-refractivity contribution in [3.8, 4) is 0 Å². The Kier molecular flexibility index (Phi) is 14.6. The van der Waals surface area contributed by atoms with Crippen molar-refractivity contribution in [3.05, 3.63) is 30.3 Å². The largest absolute Gasteiger partial charge is 0.469 e. The molecule has 2 heterocycles. The van der Waals surface area contributed by atoms with Gasteiger partial charge in [0.05, 0.1) is 54.7 Å². The van der Waals surface area contributed by atoms with E-state index in [0.29, 0.717) is 0 Å². The zero-order valence-electron chi connectivity index (χ0n) is 35.3. The highest BCUT2D eigenvalue weighted by atomic mass is 32.2. The second-order valence-electron chi connectivity index (χ2n) is 18.6. The Hall–Kier alpha value is -1.21. The number of esters is 1.